The van der Waals surface area contributed by atoms with Crippen LogP contribution in [0.2, 0.25) is 0 Å². The molecule has 0 saturated carbocycles. The number of amides is 1. The number of pyridine rings is 1. The highest BCUT2D eigenvalue weighted by Gasteiger charge is 2.23. The van der Waals surface area contributed by atoms with Gasteiger partial charge in [0, 0.05) is 35.9 Å². The van der Waals surface area contributed by atoms with Gasteiger partial charge >= 0.3 is 0 Å². The minimum atomic E-state index is -0.176. The molecule has 2 heterocycles. The lowest BCUT2D eigenvalue weighted by molar-refractivity contribution is -0.130. The van der Waals surface area contributed by atoms with Crippen LogP contribution >= 0.6 is 28.3 Å². The van der Waals surface area contributed by atoms with Crippen LogP contribution in [-0.4, -0.2) is 34.5 Å². The minimum absolute atomic E-state index is 0. The summed E-state index contributed by atoms with van der Waals surface area (Å²) in [5, 5.41) is 0. The number of nitrogens with two attached hydrogens (primary N) is 1. The van der Waals surface area contributed by atoms with E-state index in [0.29, 0.717) is 13.1 Å². The van der Waals surface area contributed by atoms with Crippen LogP contribution < -0.4 is 11.3 Å². The van der Waals surface area contributed by atoms with Crippen molar-refractivity contribution in [1.29, 1.82) is 0 Å². The van der Waals surface area contributed by atoms with E-state index < -0.39 is 0 Å². The van der Waals surface area contributed by atoms with E-state index in [1.165, 1.54) is 10.6 Å². The average Bonchev–Trinajstić information content (AvgIpc) is 2.70. The molecule has 0 aromatic carbocycles. The average molecular weight is 337 g/mol. The highest BCUT2D eigenvalue weighted by molar-refractivity contribution is 9.10. The van der Waals surface area contributed by atoms with E-state index in [0.717, 1.165) is 10.9 Å². The van der Waals surface area contributed by atoms with Crippen molar-refractivity contribution in [3.05, 3.63) is 33.2 Å². The van der Waals surface area contributed by atoms with Crippen LogP contribution in [0.25, 0.3) is 0 Å². The molecule has 2 rings (SSSR count). The van der Waals surface area contributed by atoms with E-state index in [9.17, 15) is 9.59 Å². The molecule has 1 amide bonds. The predicted octanol–water partition coefficient (Wildman–Crippen LogP) is 0.592. The zero-order valence-corrected chi connectivity index (χ0v) is 12.1. The molecule has 1 atom stereocenters. The molecule has 18 heavy (non-hydrogen) atoms. The number of rotatable bonds is 2. The van der Waals surface area contributed by atoms with Gasteiger partial charge in [0.1, 0.15) is 6.54 Å². The molecule has 0 radical (unpaired) electrons. The van der Waals surface area contributed by atoms with Gasteiger partial charge in [0.25, 0.3) is 5.56 Å². The Morgan fingerprint density at radius 1 is 1.50 bits per heavy atom. The Labute approximate surface area is 119 Å². The normalized spacial score (nSPS) is 18.6. The fraction of sp³-hybridized carbons (Fsp3) is 0.455. The fourth-order valence-corrected chi connectivity index (χ4v) is 2.26. The fourth-order valence-electron chi connectivity index (χ4n) is 1.89. The van der Waals surface area contributed by atoms with Gasteiger partial charge in [0.05, 0.1) is 0 Å². The van der Waals surface area contributed by atoms with E-state index >= 15 is 0 Å². The molecular weight excluding hydrogens is 321 g/mol. The standard InChI is InChI=1S/C11H14BrN3O2.ClH/c12-8-1-2-10(16)15(5-8)7-11(17)14-4-3-9(13)6-14;/h1-2,5,9H,3-4,6-7,13H2;1H/t9-;/m1./s1. The number of halogens is 2. The zero-order chi connectivity index (χ0) is 12.4. The van der Waals surface area contributed by atoms with Gasteiger partial charge in [-0.15, -0.1) is 12.4 Å². The van der Waals surface area contributed by atoms with Crippen LogP contribution in [0, 0.1) is 0 Å². The molecule has 1 aromatic rings. The van der Waals surface area contributed by atoms with Crippen LogP contribution in [0.15, 0.2) is 27.6 Å². The lowest BCUT2D eigenvalue weighted by Gasteiger charge is -2.16. The molecule has 100 valence electrons. The number of nitrogens with zero attached hydrogens (tertiary/aromatic N) is 2. The molecule has 1 aliphatic heterocycles. The Balaban J connectivity index is 0.00000162. The molecule has 1 fully saturated rings. The second-order valence-corrected chi connectivity index (χ2v) is 5.12. The Kier molecular flexibility index (Phi) is 5.37. The summed E-state index contributed by atoms with van der Waals surface area (Å²) in [5.41, 5.74) is 5.56. The minimum Gasteiger partial charge on any atom is -0.340 e. The number of carbonyl (C=O) groups excluding carboxylic acids is 1. The first kappa shape index (κ1) is 15.2. The lowest BCUT2D eigenvalue weighted by atomic mass is 10.3. The van der Waals surface area contributed by atoms with Gasteiger partial charge in [0.2, 0.25) is 5.91 Å². The highest BCUT2D eigenvalue weighted by atomic mass is 79.9. The van der Waals surface area contributed by atoms with Crippen molar-refractivity contribution < 1.29 is 4.79 Å². The third kappa shape index (κ3) is 3.57. The highest BCUT2D eigenvalue weighted by Crippen LogP contribution is 2.09. The second kappa shape index (κ2) is 6.36. The summed E-state index contributed by atoms with van der Waals surface area (Å²) in [5.74, 6) is -0.0573. The molecule has 7 heteroatoms. The van der Waals surface area contributed by atoms with Crippen LogP contribution in [0.3, 0.4) is 0 Å². The van der Waals surface area contributed by atoms with E-state index in [1.54, 1.807) is 17.2 Å². The summed E-state index contributed by atoms with van der Waals surface area (Å²) in [6.07, 6.45) is 2.45. The van der Waals surface area contributed by atoms with Crippen molar-refractivity contribution in [3.8, 4) is 0 Å². The van der Waals surface area contributed by atoms with E-state index in [4.69, 9.17) is 5.73 Å². The predicted molar refractivity (Wildman–Crippen MR) is 74.8 cm³/mol. The van der Waals surface area contributed by atoms with Gasteiger partial charge in [0.15, 0.2) is 0 Å². The van der Waals surface area contributed by atoms with Crippen molar-refractivity contribution in [1.82, 2.24) is 9.47 Å². The van der Waals surface area contributed by atoms with Gasteiger partial charge in [-0.3, -0.25) is 9.59 Å². The molecule has 5 nitrogen and oxygen atoms in total. The zero-order valence-electron chi connectivity index (χ0n) is 9.71. The number of aromatic nitrogens is 1. The number of likely N-dealkylation sites (tertiary alicyclic amines) is 1. The monoisotopic (exact) mass is 335 g/mol. The van der Waals surface area contributed by atoms with Gasteiger partial charge in [-0.25, -0.2) is 0 Å². The first-order valence-corrected chi connectivity index (χ1v) is 6.25. The Hall–Kier alpha value is -0.850. The van der Waals surface area contributed by atoms with Crippen LogP contribution in [-0.2, 0) is 11.3 Å². The van der Waals surface area contributed by atoms with Crippen molar-refractivity contribution in [3.63, 3.8) is 0 Å². The molecule has 1 aromatic heterocycles. The molecule has 1 saturated heterocycles. The molecule has 0 bridgehead atoms. The van der Waals surface area contributed by atoms with Crippen LogP contribution in [0.5, 0.6) is 0 Å². The quantitative estimate of drug-likeness (QED) is 0.859. The third-order valence-corrected chi connectivity index (χ3v) is 3.30. The Bertz CT molecular complexity index is 491. The van der Waals surface area contributed by atoms with E-state index in [2.05, 4.69) is 15.9 Å². The number of hydrogen-bond acceptors (Lipinski definition) is 3. The summed E-state index contributed by atoms with van der Waals surface area (Å²) in [6.45, 7) is 1.34. The van der Waals surface area contributed by atoms with Gasteiger partial charge in [-0.1, -0.05) is 0 Å². The van der Waals surface area contributed by atoms with Crippen LogP contribution in [0.1, 0.15) is 6.42 Å². The van der Waals surface area contributed by atoms with Crippen molar-refractivity contribution in [2.75, 3.05) is 13.1 Å². The molecule has 0 unspecified atom stereocenters. The SMILES string of the molecule is Cl.N[C@@H]1CCN(C(=O)Cn2cc(Br)ccc2=O)C1. The third-order valence-electron chi connectivity index (χ3n) is 2.83. The maximum absolute atomic E-state index is 11.9. The maximum Gasteiger partial charge on any atom is 0.251 e. The Morgan fingerprint density at radius 3 is 2.83 bits per heavy atom. The Morgan fingerprint density at radius 2 is 2.22 bits per heavy atom. The van der Waals surface area contributed by atoms with Crippen molar-refractivity contribution in [2.24, 2.45) is 5.73 Å². The topological polar surface area (TPSA) is 68.3 Å². The molecule has 2 N–H and O–H groups in total. The van der Waals surface area contributed by atoms with Crippen molar-refractivity contribution >= 4 is 34.2 Å². The molecular formula is C11H15BrClN3O2. The number of carbonyl (C=O) groups is 1. The molecule has 1 aliphatic rings. The number of hydrogen-bond donors (Lipinski definition) is 1. The maximum atomic E-state index is 11.9. The first-order chi connectivity index (χ1) is 8.06. The molecule has 0 aliphatic carbocycles. The summed E-state index contributed by atoms with van der Waals surface area (Å²) in [6, 6.07) is 3.17. The summed E-state index contributed by atoms with van der Waals surface area (Å²) < 4.78 is 2.18. The van der Waals surface area contributed by atoms with Crippen LogP contribution in [0.4, 0.5) is 0 Å². The summed E-state index contributed by atoms with van der Waals surface area (Å²) in [4.78, 5) is 25.2. The second-order valence-electron chi connectivity index (χ2n) is 4.20. The van der Waals surface area contributed by atoms with E-state index in [1.807, 2.05) is 0 Å². The largest absolute Gasteiger partial charge is 0.340 e. The van der Waals surface area contributed by atoms with Gasteiger partial charge in [-0.2, -0.15) is 0 Å². The molecule has 0 spiro atoms. The van der Waals surface area contributed by atoms with Crippen molar-refractivity contribution in [2.45, 2.75) is 19.0 Å². The van der Waals surface area contributed by atoms with Gasteiger partial charge in [-0.05, 0) is 28.4 Å². The summed E-state index contributed by atoms with van der Waals surface area (Å²) in [7, 11) is 0. The summed E-state index contributed by atoms with van der Waals surface area (Å²) >= 11 is 3.27. The van der Waals surface area contributed by atoms with E-state index in [-0.39, 0.29) is 36.5 Å². The first-order valence-electron chi connectivity index (χ1n) is 5.45. The van der Waals surface area contributed by atoms with Gasteiger partial charge < -0.3 is 15.2 Å². The smallest absolute Gasteiger partial charge is 0.251 e. The lowest BCUT2D eigenvalue weighted by Crippen LogP contribution is -2.36.